The molecule has 0 aromatic heterocycles. The molecule has 0 radical (unpaired) electrons. The van der Waals surface area contributed by atoms with Gasteiger partial charge in [-0.05, 0) is 49.2 Å². The molecule has 4 aliphatic rings. The van der Waals surface area contributed by atoms with Gasteiger partial charge >= 0.3 is 11.9 Å². The lowest BCUT2D eigenvalue weighted by Crippen LogP contribution is -2.60. The van der Waals surface area contributed by atoms with Gasteiger partial charge in [-0.3, -0.25) is 19.2 Å². The molecule has 0 aromatic rings. The predicted molar refractivity (Wildman–Crippen MR) is 118 cm³/mol. The summed E-state index contributed by atoms with van der Waals surface area (Å²) in [4.78, 5) is 49.2. The van der Waals surface area contributed by atoms with Crippen molar-refractivity contribution in [3.05, 3.63) is 23.3 Å². The molecule has 0 aromatic carbocycles. The molecule has 0 N–H and O–H groups in total. The van der Waals surface area contributed by atoms with Gasteiger partial charge < -0.3 is 9.47 Å². The summed E-state index contributed by atoms with van der Waals surface area (Å²) in [6.07, 6.45) is 4.70. The molecule has 4 rings (SSSR count). The number of Topliss-reactive ketones (excluding diaryl/α,β-unsaturated/α-hetero) is 1. The fourth-order valence-corrected chi connectivity index (χ4v) is 7.56. The van der Waals surface area contributed by atoms with Crippen LogP contribution in [0.4, 0.5) is 4.39 Å². The first-order valence-electron chi connectivity index (χ1n) is 11.8. The summed E-state index contributed by atoms with van der Waals surface area (Å²) in [5.74, 6) is -2.11. The minimum Gasteiger partial charge on any atom is -0.458 e. The Bertz CT molecular complexity index is 981. The summed E-state index contributed by atoms with van der Waals surface area (Å²) >= 11 is 0. The van der Waals surface area contributed by atoms with Gasteiger partial charge in [0.25, 0.3) is 0 Å². The van der Waals surface area contributed by atoms with Crippen LogP contribution in [0.15, 0.2) is 23.3 Å². The van der Waals surface area contributed by atoms with Crippen molar-refractivity contribution in [2.45, 2.75) is 78.5 Å². The van der Waals surface area contributed by atoms with E-state index in [0.717, 1.165) is 5.57 Å². The number of hydrogen-bond acceptors (Lipinski definition) is 6. The Hall–Kier alpha value is -2.31. The van der Waals surface area contributed by atoms with Crippen LogP contribution in [0.25, 0.3) is 0 Å². The van der Waals surface area contributed by atoms with Gasteiger partial charge in [-0.15, -0.1) is 0 Å². The van der Waals surface area contributed by atoms with Gasteiger partial charge in [0, 0.05) is 37.0 Å². The van der Waals surface area contributed by atoms with Crippen LogP contribution in [-0.2, 0) is 28.7 Å². The zero-order valence-corrected chi connectivity index (χ0v) is 20.0. The molecule has 33 heavy (non-hydrogen) atoms. The number of fused-ring (bicyclic) bond motifs is 5. The molecule has 2 saturated carbocycles. The molecule has 0 aliphatic heterocycles. The van der Waals surface area contributed by atoms with Gasteiger partial charge in [-0.1, -0.05) is 32.4 Å². The summed E-state index contributed by atoms with van der Waals surface area (Å²) in [7, 11) is 0. The summed E-state index contributed by atoms with van der Waals surface area (Å²) in [6.45, 7) is 7.92. The van der Waals surface area contributed by atoms with E-state index in [1.54, 1.807) is 0 Å². The SMILES string of the molecule is CC(=O)OCC(=O)[C@@]1(OC(C)=O)C(C)C[C@H]2[C@@H]3CC(F)C4=CC(=O)CC[C@]4(C)C3=CC[C@@]21C. The van der Waals surface area contributed by atoms with Gasteiger partial charge in [-0.2, -0.15) is 0 Å². The zero-order chi connectivity index (χ0) is 24.3. The number of carbonyl (C=O) groups excluding carboxylic acids is 4. The molecule has 0 amide bonds. The second-order valence-corrected chi connectivity index (χ2v) is 10.8. The third-order valence-corrected chi connectivity index (χ3v) is 8.99. The highest BCUT2D eigenvalue weighted by molar-refractivity contribution is 5.94. The fourth-order valence-electron chi connectivity index (χ4n) is 7.56. The average molecular weight is 461 g/mol. The maximum atomic E-state index is 15.5. The number of hydrogen-bond donors (Lipinski definition) is 0. The highest BCUT2D eigenvalue weighted by atomic mass is 19.1. The molecule has 0 heterocycles. The molecule has 6 nitrogen and oxygen atoms in total. The number of rotatable bonds is 4. The summed E-state index contributed by atoms with van der Waals surface area (Å²) < 4.78 is 26.4. The number of halogens is 1. The first-order chi connectivity index (χ1) is 15.4. The van der Waals surface area contributed by atoms with E-state index in [1.165, 1.54) is 19.9 Å². The Morgan fingerprint density at radius 3 is 2.45 bits per heavy atom. The van der Waals surface area contributed by atoms with E-state index in [4.69, 9.17) is 9.47 Å². The van der Waals surface area contributed by atoms with E-state index in [2.05, 4.69) is 6.08 Å². The molecule has 4 aliphatic carbocycles. The molecular weight excluding hydrogens is 427 g/mol. The maximum absolute atomic E-state index is 15.5. The van der Waals surface area contributed by atoms with Crippen LogP contribution in [0, 0.1) is 28.6 Å². The molecular formula is C26H33FO6. The van der Waals surface area contributed by atoms with Gasteiger partial charge in [0.1, 0.15) is 6.17 Å². The zero-order valence-electron chi connectivity index (χ0n) is 20.0. The van der Waals surface area contributed by atoms with Crippen LogP contribution in [0.1, 0.15) is 66.7 Å². The van der Waals surface area contributed by atoms with E-state index in [9.17, 15) is 19.2 Å². The number of esters is 2. The van der Waals surface area contributed by atoms with E-state index >= 15 is 4.39 Å². The minimum absolute atomic E-state index is 0.0238. The minimum atomic E-state index is -1.45. The number of carbonyl (C=O) groups is 4. The second-order valence-electron chi connectivity index (χ2n) is 10.8. The lowest BCUT2D eigenvalue weighted by atomic mass is 9.50. The standard InChI is InChI=1S/C26H33FO6/c1-14-10-20-18-12-22(27)21-11-17(30)6-8-24(21,4)19(18)7-9-25(20,5)26(14,33-16(3)29)23(31)13-32-15(2)28/h7,11,14,18,20,22H,6,8-10,12-13H2,1-5H3/t14?,18-,20+,22?,24-,25+,26+/m1/s1. The predicted octanol–water partition coefficient (Wildman–Crippen LogP) is 4.07. The van der Waals surface area contributed by atoms with Crippen molar-refractivity contribution in [1.29, 1.82) is 0 Å². The van der Waals surface area contributed by atoms with Crippen molar-refractivity contribution in [1.82, 2.24) is 0 Å². The van der Waals surface area contributed by atoms with Crippen LogP contribution >= 0.6 is 0 Å². The molecule has 0 bridgehead atoms. The molecule has 2 fully saturated rings. The Kier molecular flexibility index (Phi) is 5.69. The summed E-state index contributed by atoms with van der Waals surface area (Å²) in [5, 5.41) is 0. The average Bonchev–Trinajstić information content (AvgIpc) is 2.95. The van der Waals surface area contributed by atoms with Crippen LogP contribution in [0.5, 0.6) is 0 Å². The highest BCUT2D eigenvalue weighted by Gasteiger charge is 2.70. The van der Waals surface area contributed by atoms with Crippen molar-refractivity contribution >= 4 is 23.5 Å². The Morgan fingerprint density at radius 2 is 1.82 bits per heavy atom. The third-order valence-electron chi connectivity index (χ3n) is 8.99. The third kappa shape index (κ3) is 3.33. The molecule has 180 valence electrons. The quantitative estimate of drug-likeness (QED) is 0.464. The number of ketones is 2. The largest absolute Gasteiger partial charge is 0.458 e. The van der Waals surface area contributed by atoms with Gasteiger partial charge in [0.15, 0.2) is 18.0 Å². The van der Waals surface area contributed by atoms with Crippen molar-refractivity contribution in [3.8, 4) is 0 Å². The van der Waals surface area contributed by atoms with Crippen LogP contribution in [-0.4, -0.2) is 41.9 Å². The van der Waals surface area contributed by atoms with Crippen LogP contribution in [0.2, 0.25) is 0 Å². The lowest BCUT2D eigenvalue weighted by Gasteiger charge is -2.55. The van der Waals surface area contributed by atoms with E-state index in [-0.39, 0.29) is 30.0 Å². The molecule has 2 unspecified atom stereocenters. The van der Waals surface area contributed by atoms with Crippen LogP contribution < -0.4 is 0 Å². The van der Waals surface area contributed by atoms with Crippen molar-refractivity contribution in [2.75, 3.05) is 6.61 Å². The maximum Gasteiger partial charge on any atom is 0.303 e. The monoisotopic (exact) mass is 460 g/mol. The van der Waals surface area contributed by atoms with Gasteiger partial charge in [0.2, 0.25) is 5.78 Å². The fraction of sp³-hybridized carbons (Fsp3) is 0.692. The summed E-state index contributed by atoms with van der Waals surface area (Å²) in [5.41, 5.74) is -0.990. The first-order valence-corrected chi connectivity index (χ1v) is 11.8. The van der Waals surface area contributed by atoms with Gasteiger partial charge in [-0.25, -0.2) is 4.39 Å². The lowest BCUT2D eigenvalue weighted by molar-refractivity contribution is -0.190. The molecule has 0 spiro atoms. The van der Waals surface area contributed by atoms with E-state index in [1.807, 2.05) is 20.8 Å². The second kappa shape index (κ2) is 7.88. The smallest absolute Gasteiger partial charge is 0.303 e. The first kappa shape index (κ1) is 23.8. The van der Waals surface area contributed by atoms with E-state index < -0.39 is 46.9 Å². The number of ether oxygens (including phenoxy) is 2. The molecule has 0 saturated heterocycles. The van der Waals surface area contributed by atoms with Crippen LogP contribution in [0.3, 0.4) is 0 Å². The normalized spacial score (nSPS) is 41.7. The highest BCUT2D eigenvalue weighted by Crippen LogP contribution is 2.68. The Morgan fingerprint density at radius 1 is 1.12 bits per heavy atom. The Labute approximate surface area is 193 Å². The molecule has 7 atom stereocenters. The van der Waals surface area contributed by atoms with Gasteiger partial charge in [0.05, 0.1) is 0 Å². The Balaban J connectivity index is 1.80. The van der Waals surface area contributed by atoms with Crippen molar-refractivity contribution in [3.63, 3.8) is 0 Å². The molecule has 7 heteroatoms. The van der Waals surface area contributed by atoms with E-state index in [0.29, 0.717) is 31.3 Å². The topological polar surface area (TPSA) is 86.7 Å². The number of allylic oxidation sites excluding steroid dienone is 4. The van der Waals surface area contributed by atoms with Crippen molar-refractivity contribution < 1.29 is 33.0 Å². The summed E-state index contributed by atoms with van der Waals surface area (Å²) in [6, 6.07) is 0. The number of alkyl halides is 1. The van der Waals surface area contributed by atoms with Crippen molar-refractivity contribution in [2.24, 2.45) is 28.6 Å².